The summed E-state index contributed by atoms with van der Waals surface area (Å²) in [5.41, 5.74) is 4.34. The van der Waals surface area contributed by atoms with Crippen molar-refractivity contribution in [1.29, 1.82) is 0 Å². The number of methoxy groups -OCH3 is 1. The Labute approximate surface area is 190 Å². The summed E-state index contributed by atoms with van der Waals surface area (Å²) in [5, 5.41) is 5.38. The van der Waals surface area contributed by atoms with Crippen LogP contribution in [0.25, 0.3) is 16.7 Å². The summed E-state index contributed by atoms with van der Waals surface area (Å²) in [4.78, 5) is 11.4. The molecule has 0 fully saturated rings. The number of anilines is 2. The minimum Gasteiger partial charge on any atom is -0.495 e. The molecule has 0 amide bonds. The van der Waals surface area contributed by atoms with Crippen LogP contribution in [0, 0.1) is 0 Å². The minimum absolute atomic E-state index is 0.436. The first-order chi connectivity index (χ1) is 15.0. The Kier molecular flexibility index (Phi) is 5.22. The number of benzene rings is 2. The fraction of sp³-hybridized carbons (Fsp3) is 0.217. The molecule has 1 N–H and O–H groups in total. The largest absolute Gasteiger partial charge is 0.495 e. The van der Waals surface area contributed by atoms with E-state index in [9.17, 15) is 0 Å². The van der Waals surface area contributed by atoms with Crippen LogP contribution >= 0.6 is 23.2 Å². The van der Waals surface area contributed by atoms with Crippen LogP contribution in [0.1, 0.15) is 11.1 Å². The SMILES string of the molecule is COc1cc2c(cc1Nc1ncc(Cl)c(-n3ccc4c(Cl)cccc43)n1)CN(C)CC2. The van der Waals surface area contributed by atoms with Crippen molar-refractivity contribution in [3.63, 3.8) is 0 Å². The summed E-state index contributed by atoms with van der Waals surface area (Å²) in [6.07, 6.45) is 4.51. The highest BCUT2D eigenvalue weighted by Crippen LogP contribution is 2.34. The van der Waals surface area contributed by atoms with Gasteiger partial charge in [-0.2, -0.15) is 4.98 Å². The maximum Gasteiger partial charge on any atom is 0.229 e. The van der Waals surface area contributed by atoms with E-state index < -0.39 is 0 Å². The molecule has 4 aromatic rings. The van der Waals surface area contributed by atoms with Crippen LogP contribution in [0.4, 0.5) is 11.6 Å². The molecule has 1 aliphatic rings. The first kappa shape index (κ1) is 20.1. The number of halogens is 2. The lowest BCUT2D eigenvalue weighted by molar-refractivity contribution is 0.312. The van der Waals surface area contributed by atoms with E-state index in [4.69, 9.17) is 32.9 Å². The van der Waals surface area contributed by atoms with Crippen LogP contribution in [0.3, 0.4) is 0 Å². The molecule has 0 saturated heterocycles. The van der Waals surface area contributed by atoms with Crippen molar-refractivity contribution in [2.45, 2.75) is 13.0 Å². The van der Waals surface area contributed by atoms with Gasteiger partial charge in [-0.3, -0.25) is 4.57 Å². The molecule has 158 valence electrons. The van der Waals surface area contributed by atoms with Crippen molar-refractivity contribution in [2.24, 2.45) is 0 Å². The Morgan fingerprint density at radius 3 is 2.81 bits per heavy atom. The molecular formula is C23H21Cl2N5O. The van der Waals surface area contributed by atoms with Gasteiger partial charge < -0.3 is 15.0 Å². The maximum atomic E-state index is 6.46. The summed E-state index contributed by atoms with van der Waals surface area (Å²) >= 11 is 12.8. The highest BCUT2D eigenvalue weighted by molar-refractivity contribution is 6.35. The first-order valence-electron chi connectivity index (χ1n) is 9.97. The van der Waals surface area contributed by atoms with Gasteiger partial charge in [0.15, 0.2) is 5.82 Å². The van der Waals surface area contributed by atoms with Crippen molar-refractivity contribution in [3.8, 4) is 11.6 Å². The predicted octanol–water partition coefficient (Wildman–Crippen LogP) is 5.47. The Hall–Kier alpha value is -2.80. The molecule has 0 atom stereocenters. The molecule has 3 heterocycles. The lowest BCUT2D eigenvalue weighted by Crippen LogP contribution is -2.26. The molecular weight excluding hydrogens is 433 g/mol. The molecule has 2 aromatic heterocycles. The molecule has 0 radical (unpaired) electrons. The van der Waals surface area contributed by atoms with Crippen molar-refractivity contribution in [1.82, 2.24) is 19.4 Å². The zero-order valence-corrected chi connectivity index (χ0v) is 18.7. The van der Waals surface area contributed by atoms with Crippen LogP contribution in [0.2, 0.25) is 10.0 Å². The van der Waals surface area contributed by atoms with E-state index in [2.05, 4.69) is 34.4 Å². The molecule has 0 saturated carbocycles. The van der Waals surface area contributed by atoms with Crippen molar-refractivity contribution in [2.75, 3.05) is 26.0 Å². The van der Waals surface area contributed by atoms with E-state index in [1.54, 1.807) is 13.3 Å². The third-order valence-electron chi connectivity index (χ3n) is 5.60. The topological polar surface area (TPSA) is 55.2 Å². The molecule has 31 heavy (non-hydrogen) atoms. The number of ether oxygens (including phenoxy) is 1. The van der Waals surface area contributed by atoms with Gasteiger partial charge in [0.2, 0.25) is 5.95 Å². The molecule has 0 aliphatic carbocycles. The predicted molar refractivity (Wildman–Crippen MR) is 125 cm³/mol. The van der Waals surface area contributed by atoms with Crippen LogP contribution < -0.4 is 10.1 Å². The second-order valence-electron chi connectivity index (χ2n) is 7.66. The second kappa shape index (κ2) is 8.04. The fourth-order valence-corrected chi connectivity index (χ4v) is 4.43. The number of nitrogens with zero attached hydrogens (tertiary/aromatic N) is 4. The molecule has 2 aromatic carbocycles. The minimum atomic E-state index is 0.436. The molecule has 5 rings (SSSR count). The summed E-state index contributed by atoms with van der Waals surface area (Å²) in [7, 11) is 3.80. The highest BCUT2D eigenvalue weighted by atomic mass is 35.5. The molecule has 0 spiro atoms. The number of aromatic nitrogens is 3. The lowest BCUT2D eigenvalue weighted by Gasteiger charge is -2.26. The number of likely N-dealkylation sites (N-methyl/N-ethyl adjacent to an activating group) is 1. The maximum absolute atomic E-state index is 6.46. The van der Waals surface area contributed by atoms with E-state index in [-0.39, 0.29) is 0 Å². The van der Waals surface area contributed by atoms with Crippen molar-refractivity contribution >= 4 is 45.7 Å². The number of hydrogen-bond donors (Lipinski definition) is 1. The lowest BCUT2D eigenvalue weighted by atomic mass is 9.99. The van der Waals surface area contributed by atoms with Crippen LogP contribution in [0.5, 0.6) is 5.75 Å². The molecule has 0 unspecified atom stereocenters. The number of rotatable bonds is 4. The molecule has 0 bridgehead atoms. The summed E-state index contributed by atoms with van der Waals surface area (Å²) < 4.78 is 7.54. The normalized spacial score (nSPS) is 13.9. The quantitative estimate of drug-likeness (QED) is 0.444. The van der Waals surface area contributed by atoms with Gasteiger partial charge in [-0.1, -0.05) is 29.3 Å². The first-order valence-corrected chi connectivity index (χ1v) is 10.7. The third-order valence-corrected chi connectivity index (χ3v) is 6.20. The van der Waals surface area contributed by atoms with Gasteiger partial charge in [-0.15, -0.1) is 0 Å². The molecule has 8 heteroatoms. The Morgan fingerprint density at radius 1 is 1.10 bits per heavy atom. The Balaban J connectivity index is 1.54. The average Bonchev–Trinajstić information content (AvgIpc) is 3.20. The van der Waals surface area contributed by atoms with E-state index >= 15 is 0 Å². The van der Waals surface area contributed by atoms with E-state index in [0.717, 1.165) is 41.9 Å². The van der Waals surface area contributed by atoms with E-state index in [1.807, 2.05) is 35.0 Å². The Morgan fingerprint density at radius 2 is 1.97 bits per heavy atom. The molecule has 1 aliphatic heterocycles. The Bertz CT molecular complexity index is 1290. The second-order valence-corrected chi connectivity index (χ2v) is 8.47. The number of fused-ring (bicyclic) bond motifs is 2. The third kappa shape index (κ3) is 3.71. The van der Waals surface area contributed by atoms with Gasteiger partial charge in [0, 0.05) is 29.7 Å². The van der Waals surface area contributed by atoms with Gasteiger partial charge in [0.05, 0.1) is 24.5 Å². The van der Waals surface area contributed by atoms with E-state index in [0.29, 0.717) is 21.8 Å². The monoisotopic (exact) mass is 453 g/mol. The number of nitrogens with one attached hydrogen (secondary N) is 1. The standard InChI is InChI=1S/C23H21Cl2N5O/c1-29-8-6-14-11-21(31-2)19(10-15(14)13-29)27-23-26-12-18(25)22(28-23)30-9-7-16-17(24)4-3-5-20(16)30/h3-5,7,9-12H,6,8,13H2,1-2H3,(H,26,27,28). The van der Waals surface area contributed by atoms with Gasteiger partial charge in [0.1, 0.15) is 10.8 Å². The van der Waals surface area contributed by atoms with Gasteiger partial charge >= 0.3 is 0 Å². The summed E-state index contributed by atoms with van der Waals surface area (Å²) in [6.45, 7) is 1.94. The van der Waals surface area contributed by atoms with Gasteiger partial charge in [-0.05, 0) is 54.9 Å². The zero-order chi connectivity index (χ0) is 21.5. The van der Waals surface area contributed by atoms with Gasteiger partial charge in [0.25, 0.3) is 0 Å². The average molecular weight is 454 g/mol. The van der Waals surface area contributed by atoms with Crippen LogP contribution in [-0.4, -0.2) is 40.1 Å². The van der Waals surface area contributed by atoms with E-state index in [1.165, 1.54) is 11.1 Å². The fourth-order valence-electron chi connectivity index (χ4n) is 4.02. The number of hydrogen-bond acceptors (Lipinski definition) is 5. The molecule has 6 nitrogen and oxygen atoms in total. The van der Waals surface area contributed by atoms with Gasteiger partial charge in [-0.25, -0.2) is 4.98 Å². The van der Waals surface area contributed by atoms with Crippen LogP contribution in [-0.2, 0) is 13.0 Å². The summed E-state index contributed by atoms with van der Waals surface area (Å²) in [6, 6.07) is 11.9. The van der Waals surface area contributed by atoms with Crippen molar-refractivity contribution in [3.05, 3.63) is 70.0 Å². The summed E-state index contributed by atoms with van der Waals surface area (Å²) in [5.74, 6) is 1.78. The highest BCUT2D eigenvalue weighted by Gasteiger charge is 2.18. The van der Waals surface area contributed by atoms with Crippen LogP contribution in [0.15, 0.2) is 48.8 Å². The smallest absolute Gasteiger partial charge is 0.229 e. The zero-order valence-electron chi connectivity index (χ0n) is 17.2. The van der Waals surface area contributed by atoms with Crippen molar-refractivity contribution < 1.29 is 4.74 Å².